The van der Waals surface area contributed by atoms with E-state index in [0.717, 1.165) is 13.1 Å². The van der Waals surface area contributed by atoms with Crippen LogP contribution in [0.2, 0.25) is 0 Å². The van der Waals surface area contributed by atoms with Crippen LogP contribution in [0, 0.1) is 0 Å². The average Bonchev–Trinajstić information content (AvgIpc) is 2.87. The predicted molar refractivity (Wildman–Crippen MR) is 81.5 cm³/mol. The highest BCUT2D eigenvalue weighted by Gasteiger charge is 2.19. The number of carbonyl (C=O) groups excluding carboxylic acids is 1. The zero-order chi connectivity index (χ0) is 16.4. The maximum Gasteiger partial charge on any atom is 0.419 e. The van der Waals surface area contributed by atoms with E-state index < -0.39 is 11.7 Å². The quantitative estimate of drug-likeness (QED) is 0.829. The van der Waals surface area contributed by atoms with Crippen molar-refractivity contribution in [2.75, 3.05) is 26.2 Å². The molecule has 1 fully saturated rings. The Morgan fingerprint density at radius 3 is 2.70 bits per heavy atom. The lowest BCUT2D eigenvalue weighted by molar-refractivity contribution is -0.137. The number of hydrogen-bond donors (Lipinski definition) is 2. The largest absolute Gasteiger partial charge is 0.481 e. The Morgan fingerprint density at radius 2 is 2.00 bits per heavy atom. The molecule has 3 rings (SSSR count). The lowest BCUT2D eigenvalue weighted by atomic mass is 10.1. The molecule has 23 heavy (non-hydrogen) atoms. The van der Waals surface area contributed by atoms with Crippen molar-refractivity contribution >= 4 is 23.0 Å². The zero-order valence-electron chi connectivity index (χ0n) is 12.4. The average molecular weight is 319 g/mol. The van der Waals surface area contributed by atoms with Crippen LogP contribution in [-0.2, 0) is 11.3 Å². The van der Waals surface area contributed by atoms with Crippen LogP contribution in [0.5, 0.6) is 0 Å². The van der Waals surface area contributed by atoms with Crippen LogP contribution in [0.3, 0.4) is 0 Å². The van der Waals surface area contributed by atoms with Gasteiger partial charge in [0.05, 0.1) is 11.9 Å². The number of oxazole rings is 1. The van der Waals surface area contributed by atoms with Crippen LogP contribution in [0.4, 0.5) is 0 Å². The van der Waals surface area contributed by atoms with Crippen molar-refractivity contribution in [2.24, 2.45) is 0 Å². The van der Waals surface area contributed by atoms with Gasteiger partial charge in [0.25, 0.3) is 5.91 Å². The molecule has 8 nitrogen and oxygen atoms in total. The smallest absolute Gasteiger partial charge is 0.419 e. The van der Waals surface area contributed by atoms with E-state index >= 15 is 0 Å². The normalized spacial score (nSPS) is 15.0. The first-order chi connectivity index (χ1) is 11.1. The van der Waals surface area contributed by atoms with E-state index in [4.69, 9.17) is 9.52 Å². The molecule has 1 aromatic heterocycles. The lowest BCUT2D eigenvalue weighted by Crippen LogP contribution is -2.46. The molecule has 0 unspecified atom stereocenters. The summed E-state index contributed by atoms with van der Waals surface area (Å²) in [5.74, 6) is -1.71. The third-order valence-corrected chi connectivity index (χ3v) is 3.87. The van der Waals surface area contributed by atoms with E-state index in [-0.39, 0.29) is 18.9 Å². The number of hydrogen-bond acceptors (Lipinski definition) is 5. The van der Waals surface area contributed by atoms with Gasteiger partial charge in [-0.15, -0.1) is 0 Å². The van der Waals surface area contributed by atoms with Crippen LogP contribution in [0.25, 0.3) is 11.1 Å². The second kappa shape index (κ2) is 6.25. The molecule has 0 spiro atoms. The molecule has 2 N–H and O–H groups in total. The monoisotopic (exact) mass is 319 g/mol. The van der Waals surface area contributed by atoms with E-state index in [9.17, 15) is 14.4 Å². The molecule has 2 aromatic rings. The van der Waals surface area contributed by atoms with Crippen molar-refractivity contribution in [1.82, 2.24) is 14.8 Å². The van der Waals surface area contributed by atoms with E-state index in [1.54, 1.807) is 23.1 Å². The highest BCUT2D eigenvalue weighted by molar-refractivity contribution is 5.97. The zero-order valence-corrected chi connectivity index (χ0v) is 12.4. The molecule has 1 aromatic carbocycles. The third-order valence-electron chi connectivity index (χ3n) is 3.87. The van der Waals surface area contributed by atoms with Crippen molar-refractivity contribution < 1.29 is 19.1 Å². The summed E-state index contributed by atoms with van der Waals surface area (Å²) >= 11 is 0. The van der Waals surface area contributed by atoms with Gasteiger partial charge in [0.1, 0.15) is 0 Å². The standard InChI is InChI=1S/C15H17N3O5/c19-13(20)3-6-18-11-2-1-10(9-12(11)23-15(18)22)14(21)17-7-4-16-5-8-17/h1-2,9,16H,3-8H2,(H,19,20). The molecule has 0 saturated carbocycles. The Morgan fingerprint density at radius 1 is 1.26 bits per heavy atom. The molecule has 1 aliphatic rings. The summed E-state index contributed by atoms with van der Waals surface area (Å²) in [6.07, 6.45) is -0.171. The number of benzene rings is 1. The van der Waals surface area contributed by atoms with Crippen molar-refractivity contribution in [1.29, 1.82) is 0 Å². The molecule has 0 bridgehead atoms. The van der Waals surface area contributed by atoms with Crippen LogP contribution in [-0.4, -0.2) is 52.6 Å². The number of aryl methyl sites for hydroxylation is 1. The summed E-state index contributed by atoms with van der Waals surface area (Å²) in [5, 5.41) is 11.9. The number of aromatic nitrogens is 1. The maximum atomic E-state index is 12.4. The Kier molecular flexibility index (Phi) is 4.16. The summed E-state index contributed by atoms with van der Waals surface area (Å²) in [7, 11) is 0. The fraction of sp³-hybridized carbons (Fsp3) is 0.400. The number of aliphatic carboxylic acids is 1. The van der Waals surface area contributed by atoms with Crippen molar-refractivity contribution in [2.45, 2.75) is 13.0 Å². The number of carboxylic acids is 1. The number of carbonyl (C=O) groups is 2. The van der Waals surface area contributed by atoms with Gasteiger partial charge in [-0.1, -0.05) is 0 Å². The first-order valence-corrected chi connectivity index (χ1v) is 7.41. The molecule has 2 heterocycles. The van der Waals surface area contributed by atoms with Gasteiger partial charge in [-0.25, -0.2) is 4.79 Å². The molecule has 1 aliphatic heterocycles. The Hall–Kier alpha value is -2.61. The second-order valence-electron chi connectivity index (χ2n) is 5.39. The molecule has 8 heteroatoms. The molecular weight excluding hydrogens is 302 g/mol. The maximum absolute atomic E-state index is 12.4. The first kappa shape index (κ1) is 15.3. The van der Waals surface area contributed by atoms with Crippen molar-refractivity contribution in [3.63, 3.8) is 0 Å². The molecular formula is C15H17N3O5. The highest BCUT2D eigenvalue weighted by atomic mass is 16.4. The van der Waals surface area contributed by atoms with Crippen LogP contribution in [0.15, 0.2) is 27.4 Å². The number of piperazine rings is 1. The number of rotatable bonds is 4. The summed E-state index contributed by atoms with van der Waals surface area (Å²) in [5.41, 5.74) is 1.24. The molecule has 1 saturated heterocycles. The Balaban J connectivity index is 1.89. The van der Waals surface area contributed by atoms with Crippen molar-refractivity contribution in [3.8, 4) is 0 Å². The molecule has 0 atom stereocenters. The minimum Gasteiger partial charge on any atom is -0.481 e. The Labute approximate surface area is 131 Å². The number of nitrogens with one attached hydrogen (secondary N) is 1. The second-order valence-corrected chi connectivity index (χ2v) is 5.39. The van der Waals surface area contributed by atoms with Crippen molar-refractivity contribution in [3.05, 3.63) is 34.3 Å². The van der Waals surface area contributed by atoms with E-state index in [0.29, 0.717) is 29.8 Å². The molecule has 0 aliphatic carbocycles. The van der Waals surface area contributed by atoms with Gasteiger partial charge in [-0.3, -0.25) is 14.2 Å². The fourth-order valence-electron chi connectivity index (χ4n) is 2.67. The van der Waals surface area contributed by atoms with Gasteiger partial charge in [0, 0.05) is 38.3 Å². The fourth-order valence-corrected chi connectivity index (χ4v) is 2.67. The third kappa shape index (κ3) is 3.11. The lowest BCUT2D eigenvalue weighted by Gasteiger charge is -2.27. The van der Waals surface area contributed by atoms with Gasteiger partial charge < -0.3 is 19.7 Å². The van der Waals surface area contributed by atoms with Gasteiger partial charge in [0.15, 0.2) is 5.58 Å². The number of carboxylic acid groups (broad SMARTS) is 1. The molecule has 0 radical (unpaired) electrons. The minimum absolute atomic E-state index is 0.0340. The van der Waals surface area contributed by atoms with Gasteiger partial charge in [-0.2, -0.15) is 0 Å². The van der Waals surface area contributed by atoms with E-state index in [1.165, 1.54) is 4.57 Å². The van der Waals surface area contributed by atoms with E-state index in [1.807, 2.05) is 0 Å². The summed E-state index contributed by atoms with van der Waals surface area (Å²) in [4.78, 5) is 36.7. The number of nitrogens with zero attached hydrogens (tertiary/aromatic N) is 2. The number of fused-ring (bicyclic) bond motifs is 1. The van der Waals surface area contributed by atoms with Gasteiger partial charge in [-0.05, 0) is 18.2 Å². The number of amides is 1. The van der Waals surface area contributed by atoms with Gasteiger partial charge >= 0.3 is 11.7 Å². The van der Waals surface area contributed by atoms with Gasteiger partial charge in [0.2, 0.25) is 0 Å². The molecule has 122 valence electrons. The Bertz CT molecular complexity index is 801. The van der Waals surface area contributed by atoms with Crippen LogP contribution >= 0.6 is 0 Å². The highest BCUT2D eigenvalue weighted by Crippen LogP contribution is 2.17. The SMILES string of the molecule is O=C(O)CCn1c(=O)oc2cc(C(=O)N3CCNCC3)ccc21. The summed E-state index contributed by atoms with van der Waals surface area (Å²) < 4.78 is 6.41. The topological polar surface area (TPSA) is 105 Å². The molecule has 1 amide bonds. The van der Waals surface area contributed by atoms with Crippen LogP contribution in [0.1, 0.15) is 16.8 Å². The summed E-state index contributed by atoms with van der Waals surface area (Å²) in [6.45, 7) is 2.83. The van der Waals surface area contributed by atoms with E-state index in [2.05, 4.69) is 5.32 Å². The van der Waals surface area contributed by atoms with Crippen LogP contribution < -0.4 is 11.1 Å². The first-order valence-electron chi connectivity index (χ1n) is 7.41. The minimum atomic E-state index is -0.989. The predicted octanol–water partition coefficient (Wildman–Crippen LogP) is 0.115. The summed E-state index contributed by atoms with van der Waals surface area (Å²) in [6, 6.07) is 4.80.